The minimum Gasteiger partial charge on any atom is -0.353 e. The van der Waals surface area contributed by atoms with E-state index in [2.05, 4.69) is 22.6 Å². The summed E-state index contributed by atoms with van der Waals surface area (Å²) in [4.78, 5) is 25.9. The molecule has 1 saturated heterocycles. The zero-order valence-electron chi connectivity index (χ0n) is 13.2. The summed E-state index contributed by atoms with van der Waals surface area (Å²) in [6, 6.07) is 0.451. The molecule has 2 fully saturated rings. The lowest BCUT2D eigenvalue weighted by Crippen LogP contribution is -2.43. The molecule has 2 amide bonds. The van der Waals surface area contributed by atoms with Gasteiger partial charge in [0.05, 0.1) is 6.54 Å². The van der Waals surface area contributed by atoms with Crippen LogP contribution in [0.4, 0.5) is 0 Å². The minimum atomic E-state index is -0.0766. The van der Waals surface area contributed by atoms with E-state index in [4.69, 9.17) is 0 Å². The van der Waals surface area contributed by atoms with Gasteiger partial charge in [0.1, 0.15) is 0 Å². The fourth-order valence-electron chi connectivity index (χ4n) is 3.44. The molecule has 1 atom stereocenters. The fraction of sp³-hybridized carbons (Fsp3) is 0.875. The molecule has 21 heavy (non-hydrogen) atoms. The number of nitrogens with zero attached hydrogens (tertiary/aromatic N) is 1. The molecule has 1 aliphatic heterocycles. The van der Waals surface area contributed by atoms with Crippen molar-refractivity contribution in [3.8, 4) is 0 Å². The first-order valence-electron chi connectivity index (χ1n) is 8.39. The van der Waals surface area contributed by atoms with Gasteiger partial charge in [0.25, 0.3) is 0 Å². The largest absolute Gasteiger partial charge is 0.353 e. The van der Waals surface area contributed by atoms with Gasteiger partial charge in [0.15, 0.2) is 0 Å². The Morgan fingerprint density at radius 2 is 1.76 bits per heavy atom. The number of carbonyl (C=O) groups is 2. The van der Waals surface area contributed by atoms with Gasteiger partial charge in [-0.2, -0.15) is 0 Å². The van der Waals surface area contributed by atoms with Crippen molar-refractivity contribution >= 4 is 11.8 Å². The number of amides is 2. The summed E-state index contributed by atoms with van der Waals surface area (Å²) < 4.78 is 0. The fourth-order valence-corrected chi connectivity index (χ4v) is 3.44. The Morgan fingerprint density at radius 3 is 2.43 bits per heavy atom. The SMILES string of the molecule is CN1CCC[C@H]1CNC(=O)CNC(=O)CC1CCCCC1. The monoisotopic (exact) mass is 295 g/mol. The van der Waals surface area contributed by atoms with Crippen LogP contribution in [0.1, 0.15) is 51.4 Å². The summed E-state index contributed by atoms with van der Waals surface area (Å²) in [6.07, 6.45) is 9.04. The Morgan fingerprint density at radius 1 is 1.00 bits per heavy atom. The normalized spacial score (nSPS) is 24.0. The molecule has 120 valence electrons. The first kappa shape index (κ1) is 16.3. The lowest BCUT2D eigenvalue weighted by Gasteiger charge is -2.21. The molecule has 0 aromatic rings. The van der Waals surface area contributed by atoms with Crippen LogP contribution in [0.2, 0.25) is 0 Å². The van der Waals surface area contributed by atoms with E-state index in [1.54, 1.807) is 0 Å². The second kappa shape index (κ2) is 8.37. The summed E-state index contributed by atoms with van der Waals surface area (Å²) in [5.74, 6) is 0.469. The highest BCUT2D eigenvalue weighted by molar-refractivity contribution is 5.84. The van der Waals surface area contributed by atoms with Crippen LogP contribution in [0.5, 0.6) is 0 Å². The van der Waals surface area contributed by atoms with Gasteiger partial charge in [-0.1, -0.05) is 19.3 Å². The van der Waals surface area contributed by atoms with Gasteiger partial charge in [-0.05, 0) is 45.2 Å². The van der Waals surface area contributed by atoms with Crippen LogP contribution in [-0.4, -0.2) is 49.4 Å². The maximum Gasteiger partial charge on any atom is 0.239 e. The van der Waals surface area contributed by atoms with Crippen LogP contribution >= 0.6 is 0 Å². The van der Waals surface area contributed by atoms with Gasteiger partial charge in [-0.25, -0.2) is 0 Å². The van der Waals surface area contributed by atoms with Crippen molar-refractivity contribution in [3.63, 3.8) is 0 Å². The number of likely N-dealkylation sites (tertiary alicyclic amines) is 1. The summed E-state index contributed by atoms with van der Waals surface area (Å²) >= 11 is 0. The standard InChI is InChI=1S/C16H29N3O2/c1-19-9-5-8-14(19)11-17-16(21)12-18-15(20)10-13-6-3-2-4-7-13/h13-14H,2-12H2,1H3,(H,17,21)(H,18,20)/t14-/m0/s1. The number of hydrogen-bond donors (Lipinski definition) is 2. The Kier molecular flexibility index (Phi) is 6.49. The third kappa shape index (κ3) is 5.65. The van der Waals surface area contributed by atoms with Gasteiger partial charge in [-0.3, -0.25) is 9.59 Å². The van der Waals surface area contributed by atoms with Crippen molar-refractivity contribution in [2.75, 3.05) is 26.7 Å². The van der Waals surface area contributed by atoms with Gasteiger partial charge < -0.3 is 15.5 Å². The quantitative estimate of drug-likeness (QED) is 0.776. The van der Waals surface area contributed by atoms with E-state index >= 15 is 0 Å². The van der Waals surface area contributed by atoms with Crippen LogP contribution in [-0.2, 0) is 9.59 Å². The summed E-state index contributed by atoms with van der Waals surface area (Å²) in [5, 5.41) is 5.67. The van der Waals surface area contributed by atoms with E-state index in [-0.39, 0.29) is 18.4 Å². The van der Waals surface area contributed by atoms with Crippen molar-refractivity contribution < 1.29 is 9.59 Å². The molecule has 0 bridgehead atoms. The number of rotatable bonds is 6. The van der Waals surface area contributed by atoms with E-state index in [1.807, 2.05) is 0 Å². The van der Waals surface area contributed by atoms with E-state index in [1.165, 1.54) is 25.7 Å². The topological polar surface area (TPSA) is 61.4 Å². The van der Waals surface area contributed by atoms with Crippen LogP contribution in [0.15, 0.2) is 0 Å². The highest BCUT2D eigenvalue weighted by atomic mass is 16.2. The van der Waals surface area contributed by atoms with E-state index in [0.29, 0.717) is 24.9 Å². The van der Waals surface area contributed by atoms with Gasteiger partial charge >= 0.3 is 0 Å². The molecule has 1 aliphatic carbocycles. The first-order valence-corrected chi connectivity index (χ1v) is 8.39. The Hall–Kier alpha value is -1.10. The van der Waals surface area contributed by atoms with E-state index < -0.39 is 0 Å². The average Bonchev–Trinajstić information content (AvgIpc) is 2.89. The third-order valence-corrected chi connectivity index (χ3v) is 4.85. The predicted molar refractivity (Wildman–Crippen MR) is 82.9 cm³/mol. The molecule has 2 rings (SSSR count). The van der Waals surface area contributed by atoms with Gasteiger partial charge in [0.2, 0.25) is 11.8 Å². The molecule has 0 spiro atoms. The van der Waals surface area contributed by atoms with Gasteiger partial charge in [-0.15, -0.1) is 0 Å². The second-order valence-electron chi connectivity index (χ2n) is 6.57. The Labute approximate surface area is 127 Å². The zero-order chi connectivity index (χ0) is 15.1. The first-order chi connectivity index (χ1) is 10.1. The molecule has 0 unspecified atom stereocenters. The van der Waals surface area contributed by atoms with Crippen molar-refractivity contribution in [2.24, 2.45) is 5.92 Å². The number of likely N-dealkylation sites (N-methyl/N-ethyl adjacent to an activating group) is 1. The molecule has 1 saturated carbocycles. The highest BCUT2D eigenvalue weighted by Gasteiger charge is 2.21. The summed E-state index contributed by atoms with van der Waals surface area (Å²) in [7, 11) is 2.09. The molecule has 0 radical (unpaired) electrons. The molecule has 2 aliphatic rings. The number of nitrogens with one attached hydrogen (secondary N) is 2. The number of carbonyl (C=O) groups excluding carboxylic acids is 2. The summed E-state index contributed by atoms with van der Waals surface area (Å²) in [6.45, 7) is 1.91. The van der Waals surface area contributed by atoms with Crippen LogP contribution in [0, 0.1) is 5.92 Å². The molecular weight excluding hydrogens is 266 g/mol. The van der Waals surface area contributed by atoms with Crippen molar-refractivity contribution in [2.45, 2.75) is 57.4 Å². The van der Waals surface area contributed by atoms with E-state index in [9.17, 15) is 9.59 Å². The van der Waals surface area contributed by atoms with Crippen molar-refractivity contribution in [1.29, 1.82) is 0 Å². The lowest BCUT2D eigenvalue weighted by atomic mass is 9.87. The van der Waals surface area contributed by atoms with Crippen LogP contribution < -0.4 is 10.6 Å². The molecule has 0 aromatic carbocycles. The molecular formula is C16H29N3O2. The van der Waals surface area contributed by atoms with E-state index in [0.717, 1.165) is 25.8 Å². The molecule has 0 aromatic heterocycles. The van der Waals surface area contributed by atoms with Crippen molar-refractivity contribution in [3.05, 3.63) is 0 Å². The Balaban J connectivity index is 1.56. The average molecular weight is 295 g/mol. The molecule has 1 heterocycles. The predicted octanol–water partition coefficient (Wildman–Crippen LogP) is 1.28. The zero-order valence-corrected chi connectivity index (χ0v) is 13.2. The molecule has 2 N–H and O–H groups in total. The number of hydrogen-bond acceptors (Lipinski definition) is 3. The second-order valence-corrected chi connectivity index (χ2v) is 6.57. The van der Waals surface area contributed by atoms with Gasteiger partial charge in [0, 0.05) is 19.0 Å². The summed E-state index contributed by atoms with van der Waals surface area (Å²) in [5.41, 5.74) is 0. The van der Waals surface area contributed by atoms with Crippen LogP contribution in [0.25, 0.3) is 0 Å². The van der Waals surface area contributed by atoms with Crippen LogP contribution in [0.3, 0.4) is 0 Å². The minimum absolute atomic E-state index is 0.0232. The Bertz CT molecular complexity index is 353. The molecule has 5 heteroatoms. The lowest BCUT2D eigenvalue weighted by molar-refractivity contribution is -0.126. The van der Waals surface area contributed by atoms with Crippen molar-refractivity contribution in [1.82, 2.24) is 15.5 Å². The molecule has 5 nitrogen and oxygen atoms in total. The maximum atomic E-state index is 11.8. The third-order valence-electron chi connectivity index (χ3n) is 4.85. The highest BCUT2D eigenvalue weighted by Crippen LogP contribution is 2.25. The smallest absolute Gasteiger partial charge is 0.239 e. The maximum absolute atomic E-state index is 11.8.